The molecule has 0 aliphatic heterocycles. The van der Waals surface area contributed by atoms with Crippen molar-refractivity contribution in [3.8, 4) is 0 Å². The average Bonchev–Trinajstić information content (AvgIpc) is 3.08. The van der Waals surface area contributed by atoms with Gasteiger partial charge < -0.3 is 9.42 Å². The van der Waals surface area contributed by atoms with Crippen LogP contribution in [0.1, 0.15) is 16.1 Å². The molecule has 20 heavy (non-hydrogen) atoms. The van der Waals surface area contributed by atoms with Gasteiger partial charge in [-0.1, -0.05) is 10.4 Å². The number of rotatable bonds is 3. The Hall–Kier alpha value is -2.70. The molecule has 0 spiro atoms. The van der Waals surface area contributed by atoms with Gasteiger partial charge in [-0.15, -0.1) is 5.10 Å². The Morgan fingerprint density at radius 3 is 3.00 bits per heavy atom. The Kier molecular flexibility index (Phi) is 2.94. The first-order valence-corrected chi connectivity index (χ1v) is 6.09. The van der Waals surface area contributed by atoms with E-state index in [0.717, 1.165) is 5.52 Å². The van der Waals surface area contributed by atoms with Crippen LogP contribution >= 0.6 is 0 Å². The van der Waals surface area contributed by atoms with Crippen molar-refractivity contribution in [1.82, 2.24) is 25.1 Å². The summed E-state index contributed by atoms with van der Waals surface area (Å²) in [5.41, 5.74) is 2.16. The molecule has 3 rings (SSSR count). The summed E-state index contributed by atoms with van der Waals surface area (Å²) >= 11 is 0. The van der Waals surface area contributed by atoms with Crippen molar-refractivity contribution < 1.29 is 9.32 Å². The molecule has 1 aromatic carbocycles. The Balaban J connectivity index is 1.84. The molecule has 102 valence electrons. The number of hydrogen-bond donors (Lipinski definition) is 0. The number of benzene rings is 1. The van der Waals surface area contributed by atoms with Crippen molar-refractivity contribution in [2.75, 3.05) is 7.05 Å². The van der Waals surface area contributed by atoms with Gasteiger partial charge in [-0.2, -0.15) is 0 Å². The van der Waals surface area contributed by atoms with E-state index in [1.54, 1.807) is 41.0 Å². The van der Waals surface area contributed by atoms with Gasteiger partial charge in [0.15, 0.2) is 5.76 Å². The lowest BCUT2D eigenvalue weighted by Gasteiger charge is -2.15. The highest BCUT2D eigenvalue weighted by atomic mass is 16.5. The summed E-state index contributed by atoms with van der Waals surface area (Å²) in [5.74, 6) is 0.537. The molecule has 0 fully saturated rings. The molecule has 2 aromatic heterocycles. The standard InChI is InChI=1S/C13H13N5O2/c1-17(8-10-5-6-14-20-10)13(19)9-3-4-12-11(7-9)15-16-18(12)2/h3-7H,8H2,1-2H3. The van der Waals surface area contributed by atoms with E-state index in [0.29, 0.717) is 23.4 Å². The lowest BCUT2D eigenvalue weighted by Crippen LogP contribution is -2.25. The van der Waals surface area contributed by atoms with Gasteiger partial charge in [0.25, 0.3) is 5.91 Å². The van der Waals surface area contributed by atoms with Crippen LogP contribution in [0.25, 0.3) is 11.0 Å². The molecule has 7 heteroatoms. The van der Waals surface area contributed by atoms with Crippen molar-refractivity contribution >= 4 is 16.9 Å². The Morgan fingerprint density at radius 1 is 1.40 bits per heavy atom. The zero-order valence-electron chi connectivity index (χ0n) is 11.1. The minimum atomic E-state index is -0.103. The lowest BCUT2D eigenvalue weighted by atomic mass is 10.1. The van der Waals surface area contributed by atoms with E-state index in [9.17, 15) is 4.79 Å². The molecule has 0 saturated heterocycles. The summed E-state index contributed by atoms with van der Waals surface area (Å²) in [5, 5.41) is 11.5. The topological polar surface area (TPSA) is 77.1 Å². The molecule has 0 saturated carbocycles. The first-order valence-electron chi connectivity index (χ1n) is 6.09. The Bertz CT molecular complexity index is 747. The first-order chi connectivity index (χ1) is 9.65. The van der Waals surface area contributed by atoms with E-state index in [4.69, 9.17) is 4.52 Å². The molecule has 0 aliphatic carbocycles. The largest absolute Gasteiger partial charge is 0.360 e. The smallest absolute Gasteiger partial charge is 0.254 e. The number of fused-ring (bicyclic) bond motifs is 1. The SMILES string of the molecule is CN(Cc1ccno1)C(=O)c1ccc2c(c1)nnn2C. The van der Waals surface area contributed by atoms with E-state index in [1.165, 1.54) is 0 Å². The fourth-order valence-electron chi connectivity index (χ4n) is 2.02. The summed E-state index contributed by atoms with van der Waals surface area (Å²) in [6.45, 7) is 0.372. The molecule has 0 bridgehead atoms. The summed E-state index contributed by atoms with van der Waals surface area (Å²) < 4.78 is 6.66. The number of nitrogens with zero attached hydrogens (tertiary/aromatic N) is 5. The zero-order valence-corrected chi connectivity index (χ0v) is 11.1. The number of carbonyl (C=O) groups excluding carboxylic acids is 1. The lowest BCUT2D eigenvalue weighted by molar-refractivity contribution is 0.0772. The van der Waals surface area contributed by atoms with Gasteiger partial charge in [0, 0.05) is 25.7 Å². The van der Waals surface area contributed by atoms with Crippen molar-refractivity contribution in [2.45, 2.75) is 6.54 Å². The van der Waals surface area contributed by atoms with Gasteiger partial charge in [-0.25, -0.2) is 4.68 Å². The number of hydrogen-bond acceptors (Lipinski definition) is 5. The van der Waals surface area contributed by atoms with Gasteiger partial charge >= 0.3 is 0 Å². The summed E-state index contributed by atoms with van der Waals surface area (Å²) in [4.78, 5) is 13.9. The van der Waals surface area contributed by atoms with Crippen LogP contribution in [0.15, 0.2) is 35.0 Å². The zero-order chi connectivity index (χ0) is 14.1. The maximum Gasteiger partial charge on any atom is 0.254 e. The highest BCUT2D eigenvalue weighted by molar-refractivity contribution is 5.97. The molecule has 0 aliphatic rings. The molecular weight excluding hydrogens is 258 g/mol. The fraction of sp³-hybridized carbons (Fsp3) is 0.231. The average molecular weight is 271 g/mol. The molecule has 0 radical (unpaired) electrons. The molecule has 1 amide bonds. The van der Waals surface area contributed by atoms with Gasteiger partial charge in [-0.3, -0.25) is 4.79 Å². The highest BCUT2D eigenvalue weighted by Gasteiger charge is 2.15. The van der Waals surface area contributed by atoms with Crippen molar-refractivity contribution in [3.05, 3.63) is 41.8 Å². The number of carbonyl (C=O) groups is 1. The molecule has 0 N–H and O–H groups in total. The monoisotopic (exact) mass is 271 g/mol. The van der Waals surface area contributed by atoms with E-state index in [-0.39, 0.29) is 5.91 Å². The third kappa shape index (κ3) is 2.13. The van der Waals surface area contributed by atoms with Gasteiger partial charge in [-0.05, 0) is 18.2 Å². The Morgan fingerprint density at radius 2 is 2.25 bits per heavy atom. The Labute approximate surface area is 114 Å². The third-order valence-corrected chi connectivity index (χ3v) is 3.09. The van der Waals surface area contributed by atoms with Gasteiger partial charge in [0.2, 0.25) is 0 Å². The fourth-order valence-corrected chi connectivity index (χ4v) is 2.02. The highest BCUT2D eigenvalue weighted by Crippen LogP contribution is 2.14. The second-order valence-electron chi connectivity index (χ2n) is 4.56. The second kappa shape index (κ2) is 4.76. The van der Waals surface area contributed by atoms with Gasteiger partial charge in [0.1, 0.15) is 5.52 Å². The van der Waals surface area contributed by atoms with E-state index < -0.39 is 0 Å². The molecule has 3 aromatic rings. The summed E-state index contributed by atoms with van der Waals surface area (Å²) in [7, 11) is 3.53. The molecule has 0 atom stereocenters. The van der Waals surface area contributed by atoms with Crippen LogP contribution in [0.5, 0.6) is 0 Å². The van der Waals surface area contributed by atoms with Crippen LogP contribution in [-0.4, -0.2) is 38.0 Å². The molecule has 2 heterocycles. The van der Waals surface area contributed by atoms with Crippen molar-refractivity contribution in [2.24, 2.45) is 7.05 Å². The second-order valence-corrected chi connectivity index (χ2v) is 4.56. The van der Waals surface area contributed by atoms with Gasteiger partial charge in [0.05, 0.1) is 18.3 Å². The molecular formula is C13H13N5O2. The van der Waals surface area contributed by atoms with Crippen LogP contribution in [0.4, 0.5) is 0 Å². The van der Waals surface area contributed by atoms with Crippen LogP contribution in [0, 0.1) is 0 Å². The van der Waals surface area contributed by atoms with Crippen LogP contribution in [0.2, 0.25) is 0 Å². The number of aryl methyl sites for hydroxylation is 1. The maximum absolute atomic E-state index is 12.3. The predicted molar refractivity (Wildman–Crippen MR) is 70.8 cm³/mol. The normalized spacial score (nSPS) is 10.9. The van der Waals surface area contributed by atoms with Crippen molar-refractivity contribution in [3.63, 3.8) is 0 Å². The number of amides is 1. The molecule has 0 unspecified atom stereocenters. The van der Waals surface area contributed by atoms with E-state index in [2.05, 4.69) is 15.5 Å². The van der Waals surface area contributed by atoms with Crippen LogP contribution in [0.3, 0.4) is 0 Å². The quantitative estimate of drug-likeness (QED) is 0.716. The minimum absolute atomic E-state index is 0.103. The molecule has 7 nitrogen and oxygen atoms in total. The number of aromatic nitrogens is 4. The third-order valence-electron chi connectivity index (χ3n) is 3.09. The maximum atomic E-state index is 12.3. The summed E-state index contributed by atoms with van der Waals surface area (Å²) in [6.07, 6.45) is 1.55. The van der Waals surface area contributed by atoms with Crippen LogP contribution in [-0.2, 0) is 13.6 Å². The van der Waals surface area contributed by atoms with E-state index in [1.807, 2.05) is 13.1 Å². The van der Waals surface area contributed by atoms with Crippen molar-refractivity contribution in [1.29, 1.82) is 0 Å². The predicted octanol–water partition coefficient (Wildman–Crippen LogP) is 1.23. The van der Waals surface area contributed by atoms with E-state index >= 15 is 0 Å². The first kappa shape index (κ1) is 12.3. The minimum Gasteiger partial charge on any atom is -0.360 e. The summed E-state index contributed by atoms with van der Waals surface area (Å²) in [6, 6.07) is 7.08. The van der Waals surface area contributed by atoms with Crippen LogP contribution < -0.4 is 0 Å².